The molecule has 7 nitrogen and oxygen atoms in total. The molecule has 0 spiro atoms. The summed E-state index contributed by atoms with van der Waals surface area (Å²) in [6.45, 7) is 6.92. The second kappa shape index (κ2) is 11.0. The van der Waals surface area contributed by atoms with Crippen LogP contribution in [0.1, 0.15) is 39.2 Å². The summed E-state index contributed by atoms with van der Waals surface area (Å²) in [4.78, 5) is 14.4. The van der Waals surface area contributed by atoms with Gasteiger partial charge in [-0.15, -0.1) is 0 Å². The maximum absolute atomic E-state index is 11.6. The fourth-order valence-corrected chi connectivity index (χ4v) is 2.71. The minimum absolute atomic E-state index is 0.417. The van der Waals surface area contributed by atoms with Crippen LogP contribution < -0.4 is 10.1 Å². The van der Waals surface area contributed by atoms with Crippen LogP contribution in [0.4, 0.5) is 4.79 Å². The van der Waals surface area contributed by atoms with Gasteiger partial charge in [-0.2, -0.15) is 0 Å². The summed E-state index contributed by atoms with van der Waals surface area (Å²) in [6.07, 6.45) is 4.98. The average Bonchev–Trinajstić information content (AvgIpc) is 2.67. The average molecular weight is 396 g/mol. The zero-order chi connectivity index (χ0) is 21.1. The standard InChI is InChI=1S/C22H28N4O3/c1-22(2,3)29-21(27)24-14-8-16-28-20-13-12-17(9-6-7-15-25-26-23)18-10-4-5-11-19(18)20/h4-6,9-13H,7-8,14-16H2,1-3H3,(H,24,27). The molecule has 29 heavy (non-hydrogen) atoms. The van der Waals surface area contributed by atoms with Gasteiger partial charge in [0.2, 0.25) is 0 Å². The van der Waals surface area contributed by atoms with E-state index in [1.54, 1.807) is 0 Å². The third kappa shape index (κ3) is 7.76. The van der Waals surface area contributed by atoms with Gasteiger partial charge >= 0.3 is 6.09 Å². The number of benzene rings is 2. The van der Waals surface area contributed by atoms with Crippen molar-refractivity contribution in [1.29, 1.82) is 0 Å². The Balaban J connectivity index is 1.92. The van der Waals surface area contributed by atoms with Gasteiger partial charge in [0.05, 0.1) is 6.61 Å². The molecule has 2 aromatic rings. The van der Waals surface area contributed by atoms with Crippen LogP contribution in [-0.4, -0.2) is 31.4 Å². The lowest BCUT2D eigenvalue weighted by Gasteiger charge is -2.19. The van der Waals surface area contributed by atoms with E-state index in [2.05, 4.69) is 21.4 Å². The number of carbonyl (C=O) groups excluding carboxylic acids is 1. The van der Waals surface area contributed by atoms with Crippen LogP contribution in [0.2, 0.25) is 0 Å². The molecule has 1 N–H and O–H groups in total. The number of fused-ring (bicyclic) bond motifs is 1. The molecule has 0 aliphatic carbocycles. The largest absolute Gasteiger partial charge is 0.493 e. The van der Waals surface area contributed by atoms with Crippen molar-refractivity contribution in [2.45, 2.75) is 39.2 Å². The molecule has 0 radical (unpaired) electrons. The van der Waals surface area contributed by atoms with Gasteiger partial charge in [-0.25, -0.2) is 4.79 Å². The number of azide groups is 1. The van der Waals surface area contributed by atoms with E-state index >= 15 is 0 Å². The Morgan fingerprint density at radius 2 is 1.97 bits per heavy atom. The number of rotatable bonds is 9. The van der Waals surface area contributed by atoms with Crippen LogP contribution in [0.5, 0.6) is 5.75 Å². The van der Waals surface area contributed by atoms with Crippen molar-refractivity contribution in [3.05, 3.63) is 58.5 Å². The first-order chi connectivity index (χ1) is 13.9. The van der Waals surface area contributed by atoms with E-state index in [0.29, 0.717) is 32.5 Å². The summed E-state index contributed by atoms with van der Waals surface area (Å²) < 4.78 is 11.1. The molecule has 7 heteroatoms. The van der Waals surface area contributed by atoms with E-state index in [9.17, 15) is 4.79 Å². The Labute approximate surface area is 171 Å². The molecule has 0 aliphatic rings. The molecule has 2 aromatic carbocycles. The molecule has 154 valence electrons. The lowest BCUT2D eigenvalue weighted by molar-refractivity contribution is 0.0525. The number of alkyl carbamates (subject to hydrolysis) is 1. The van der Waals surface area contributed by atoms with Gasteiger partial charge in [0.25, 0.3) is 0 Å². The topological polar surface area (TPSA) is 96.3 Å². The maximum Gasteiger partial charge on any atom is 0.407 e. The number of carbonyl (C=O) groups is 1. The molecule has 0 saturated heterocycles. The Bertz CT molecular complexity index is 897. The summed E-state index contributed by atoms with van der Waals surface area (Å²) in [5.41, 5.74) is 8.91. The summed E-state index contributed by atoms with van der Waals surface area (Å²) in [6, 6.07) is 12.0. The van der Waals surface area contributed by atoms with E-state index < -0.39 is 11.7 Å². The van der Waals surface area contributed by atoms with Crippen LogP contribution in [-0.2, 0) is 4.74 Å². The van der Waals surface area contributed by atoms with Crippen molar-refractivity contribution in [2.75, 3.05) is 19.7 Å². The molecule has 0 aromatic heterocycles. The van der Waals surface area contributed by atoms with Gasteiger partial charge in [-0.3, -0.25) is 0 Å². The summed E-state index contributed by atoms with van der Waals surface area (Å²) in [7, 11) is 0. The van der Waals surface area contributed by atoms with Crippen LogP contribution >= 0.6 is 0 Å². The predicted molar refractivity (Wildman–Crippen MR) is 116 cm³/mol. The molecule has 2 rings (SSSR count). The first-order valence-electron chi connectivity index (χ1n) is 9.69. The van der Waals surface area contributed by atoms with Crippen molar-refractivity contribution in [3.63, 3.8) is 0 Å². The number of hydrogen-bond donors (Lipinski definition) is 1. The number of amides is 1. The predicted octanol–water partition coefficient (Wildman–Crippen LogP) is 5.85. The quantitative estimate of drug-likeness (QED) is 0.249. The Morgan fingerprint density at radius 1 is 1.21 bits per heavy atom. The van der Waals surface area contributed by atoms with E-state index in [0.717, 1.165) is 22.1 Å². The highest BCUT2D eigenvalue weighted by Gasteiger charge is 2.15. The van der Waals surface area contributed by atoms with Gasteiger partial charge < -0.3 is 14.8 Å². The first kappa shape index (κ1) is 22.1. The molecule has 0 atom stereocenters. The third-order valence-electron chi connectivity index (χ3n) is 3.92. The lowest BCUT2D eigenvalue weighted by Crippen LogP contribution is -2.33. The van der Waals surface area contributed by atoms with Gasteiger partial charge in [-0.1, -0.05) is 47.6 Å². The third-order valence-corrected chi connectivity index (χ3v) is 3.92. The molecule has 0 heterocycles. The molecular formula is C22H28N4O3. The monoisotopic (exact) mass is 396 g/mol. The molecule has 1 amide bonds. The number of ether oxygens (including phenoxy) is 2. The highest BCUT2D eigenvalue weighted by molar-refractivity contribution is 5.94. The van der Waals surface area contributed by atoms with Crippen LogP contribution in [0.3, 0.4) is 0 Å². The summed E-state index contributed by atoms with van der Waals surface area (Å²) >= 11 is 0. The van der Waals surface area contributed by atoms with Crippen LogP contribution in [0.25, 0.3) is 27.3 Å². The molecule has 0 aliphatic heterocycles. The normalized spacial score (nSPS) is 11.3. The van der Waals surface area contributed by atoms with E-state index in [1.165, 1.54) is 0 Å². The molecule has 0 bridgehead atoms. The van der Waals surface area contributed by atoms with Crippen molar-refractivity contribution >= 4 is 22.9 Å². The van der Waals surface area contributed by atoms with Crippen molar-refractivity contribution in [3.8, 4) is 5.75 Å². The second-order valence-corrected chi connectivity index (χ2v) is 7.47. The summed E-state index contributed by atoms with van der Waals surface area (Å²) in [5.74, 6) is 0.809. The van der Waals surface area contributed by atoms with Gasteiger partial charge in [0.15, 0.2) is 0 Å². The number of hydrogen-bond acceptors (Lipinski definition) is 4. The number of nitrogens with zero attached hydrogens (tertiary/aromatic N) is 3. The van der Waals surface area contributed by atoms with Gasteiger partial charge in [-0.05, 0) is 56.2 Å². The molecular weight excluding hydrogens is 368 g/mol. The first-order valence-corrected chi connectivity index (χ1v) is 9.69. The van der Waals surface area contributed by atoms with Gasteiger partial charge in [0, 0.05) is 23.4 Å². The highest BCUT2D eigenvalue weighted by Crippen LogP contribution is 2.29. The van der Waals surface area contributed by atoms with Crippen molar-refractivity contribution < 1.29 is 14.3 Å². The molecule has 0 saturated carbocycles. The Hall–Kier alpha value is -3.18. The zero-order valence-corrected chi connectivity index (χ0v) is 17.2. The minimum atomic E-state index is -0.501. The molecule has 0 unspecified atom stereocenters. The fraction of sp³-hybridized carbons (Fsp3) is 0.409. The maximum atomic E-state index is 11.6. The van der Waals surface area contributed by atoms with Crippen molar-refractivity contribution in [1.82, 2.24) is 5.32 Å². The highest BCUT2D eigenvalue weighted by atomic mass is 16.6. The van der Waals surface area contributed by atoms with E-state index in [4.69, 9.17) is 15.0 Å². The second-order valence-electron chi connectivity index (χ2n) is 7.47. The fourth-order valence-electron chi connectivity index (χ4n) is 2.71. The summed E-state index contributed by atoms with van der Waals surface area (Å²) in [5, 5.41) is 8.39. The smallest absolute Gasteiger partial charge is 0.407 e. The number of nitrogens with one attached hydrogen (secondary N) is 1. The lowest BCUT2D eigenvalue weighted by atomic mass is 10.0. The van der Waals surface area contributed by atoms with Gasteiger partial charge in [0.1, 0.15) is 11.4 Å². The SMILES string of the molecule is CC(C)(C)OC(=O)NCCCOc1ccc(C=CCCN=[N+]=[N-])c2ccccc12. The molecule has 0 fully saturated rings. The Morgan fingerprint density at radius 3 is 2.69 bits per heavy atom. The van der Waals surface area contributed by atoms with Crippen LogP contribution in [0.15, 0.2) is 47.6 Å². The van der Waals surface area contributed by atoms with Crippen molar-refractivity contribution in [2.24, 2.45) is 5.11 Å². The van der Waals surface area contributed by atoms with Crippen LogP contribution in [0, 0.1) is 0 Å². The van der Waals surface area contributed by atoms with E-state index in [-0.39, 0.29) is 0 Å². The zero-order valence-electron chi connectivity index (χ0n) is 17.2. The minimum Gasteiger partial charge on any atom is -0.493 e. The Kier molecular flexibility index (Phi) is 8.37. The van der Waals surface area contributed by atoms with E-state index in [1.807, 2.05) is 63.3 Å².